The second-order valence-electron chi connectivity index (χ2n) is 2.22. The molecule has 0 N–H and O–H groups in total. The highest BCUT2D eigenvalue weighted by Gasteiger charge is 2.11. The second-order valence-corrected chi connectivity index (χ2v) is 4.50. The minimum absolute atomic E-state index is 0.0162. The lowest BCUT2D eigenvalue weighted by Crippen LogP contribution is -2.04. The number of sulfone groups is 1. The van der Waals surface area contributed by atoms with Crippen LogP contribution in [0.5, 0.6) is 0 Å². The van der Waals surface area contributed by atoms with E-state index in [0.29, 0.717) is 0 Å². The first kappa shape index (κ1) is 9.12. The third kappa shape index (κ3) is 1.79. The summed E-state index contributed by atoms with van der Waals surface area (Å²) in [5.41, 5.74) is 0. The van der Waals surface area contributed by atoms with Crippen molar-refractivity contribution in [3.05, 3.63) is 24.3 Å². The van der Waals surface area contributed by atoms with Gasteiger partial charge in [-0.25, -0.2) is 13.4 Å². The topological polar surface area (TPSA) is 47.0 Å². The Hall–Kier alpha value is -0.970. The summed E-state index contributed by atoms with van der Waals surface area (Å²) in [7, 11) is -3.30. The molecule has 12 heavy (non-hydrogen) atoms. The highest BCUT2D eigenvalue weighted by molar-refractivity contribution is 7.91. The van der Waals surface area contributed by atoms with E-state index in [-0.39, 0.29) is 10.6 Å². The molecule has 1 aromatic rings. The number of halogens is 1. The van der Waals surface area contributed by atoms with E-state index in [1.54, 1.807) is 0 Å². The Morgan fingerprint density at radius 3 is 2.75 bits per heavy atom. The second kappa shape index (κ2) is 3.18. The van der Waals surface area contributed by atoms with Crippen molar-refractivity contribution in [2.24, 2.45) is 0 Å². The van der Waals surface area contributed by atoms with Gasteiger partial charge in [-0.2, -0.15) is 4.39 Å². The van der Waals surface area contributed by atoms with Crippen LogP contribution in [0.15, 0.2) is 23.2 Å². The molecule has 1 heterocycles. The lowest BCUT2D eigenvalue weighted by Gasteiger charge is -1.98. The SMILES string of the molecule is CCS(=O)(=O)c1ccnc(F)c1. The fraction of sp³-hybridized carbons (Fsp3) is 0.286. The van der Waals surface area contributed by atoms with Crippen LogP contribution < -0.4 is 0 Å². The Morgan fingerprint density at radius 2 is 2.25 bits per heavy atom. The predicted octanol–water partition coefficient (Wildman–Crippen LogP) is 1.01. The Kier molecular flexibility index (Phi) is 2.42. The highest BCUT2D eigenvalue weighted by atomic mass is 32.2. The standard InChI is InChI=1S/C7H8FNO2S/c1-2-12(10,11)6-3-4-9-7(8)5-6/h3-5H,2H2,1H3. The molecule has 1 aromatic heterocycles. The zero-order valence-electron chi connectivity index (χ0n) is 6.49. The van der Waals surface area contributed by atoms with Gasteiger partial charge in [-0.3, -0.25) is 0 Å². The van der Waals surface area contributed by atoms with Gasteiger partial charge in [0, 0.05) is 12.3 Å². The van der Waals surface area contributed by atoms with Crippen molar-refractivity contribution in [3.8, 4) is 0 Å². The van der Waals surface area contributed by atoms with E-state index in [1.807, 2.05) is 0 Å². The molecule has 3 nitrogen and oxygen atoms in total. The summed E-state index contributed by atoms with van der Waals surface area (Å²) in [6, 6.07) is 2.20. The van der Waals surface area contributed by atoms with Gasteiger partial charge in [0.2, 0.25) is 5.95 Å². The number of nitrogens with zero attached hydrogens (tertiary/aromatic N) is 1. The van der Waals surface area contributed by atoms with E-state index in [4.69, 9.17) is 0 Å². The van der Waals surface area contributed by atoms with Crippen LogP contribution in [0.1, 0.15) is 6.92 Å². The van der Waals surface area contributed by atoms with Gasteiger partial charge in [-0.1, -0.05) is 6.92 Å². The molecular weight excluding hydrogens is 181 g/mol. The number of pyridine rings is 1. The molecule has 0 amide bonds. The first-order chi connectivity index (χ1) is 5.56. The molecule has 66 valence electrons. The maximum Gasteiger partial charge on any atom is 0.214 e. The van der Waals surface area contributed by atoms with Gasteiger partial charge < -0.3 is 0 Å². The van der Waals surface area contributed by atoms with Crippen LogP contribution in [0.2, 0.25) is 0 Å². The van der Waals surface area contributed by atoms with Crippen LogP contribution in [-0.4, -0.2) is 19.2 Å². The Labute approximate surface area is 70.2 Å². The molecule has 0 bridgehead atoms. The largest absolute Gasteiger partial charge is 0.228 e. The molecule has 0 atom stereocenters. The zero-order chi connectivity index (χ0) is 9.19. The van der Waals surface area contributed by atoms with Crippen molar-refractivity contribution in [3.63, 3.8) is 0 Å². The third-order valence-electron chi connectivity index (χ3n) is 1.44. The lowest BCUT2D eigenvalue weighted by molar-refractivity contribution is 0.571. The fourth-order valence-electron chi connectivity index (χ4n) is 0.745. The molecule has 5 heteroatoms. The van der Waals surface area contributed by atoms with Gasteiger partial charge >= 0.3 is 0 Å². The average molecular weight is 189 g/mol. The molecular formula is C7H8FNO2S. The number of hydrogen-bond donors (Lipinski definition) is 0. The maximum absolute atomic E-state index is 12.5. The number of hydrogen-bond acceptors (Lipinski definition) is 3. The molecule has 1 rings (SSSR count). The van der Waals surface area contributed by atoms with Crippen LogP contribution in [0.4, 0.5) is 4.39 Å². The van der Waals surface area contributed by atoms with Gasteiger partial charge in [0.1, 0.15) is 0 Å². The third-order valence-corrected chi connectivity index (χ3v) is 3.17. The van der Waals surface area contributed by atoms with Gasteiger partial charge in [0.05, 0.1) is 10.6 Å². The molecule has 0 aliphatic carbocycles. The summed E-state index contributed by atoms with van der Waals surface area (Å²) in [6.07, 6.45) is 1.14. The minimum Gasteiger partial charge on any atom is -0.228 e. The van der Waals surface area contributed by atoms with Crippen LogP contribution in [0.3, 0.4) is 0 Å². The summed E-state index contributed by atoms with van der Waals surface area (Å²) in [4.78, 5) is 3.24. The normalized spacial score (nSPS) is 11.5. The monoisotopic (exact) mass is 189 g/mol. The van der Waals surface area contributed by atoms with E-state index in [0.717, 1.165) is 12.3 Å². The lowest BCUT2D eigenvalue weighted by atomic mass is 10.5. The first-order valence-corrected chi connectivity index (χ1v) is 5.06. The van der Waals surface area contributed by atoms with Gasteiger partial charge in [0.15, 0.2) is 9.84 Å². The van der Waals surface area contributed by atoms with Crippen LogP contribution in [0, 0.1) is 5.95 Å². The van der Waals surface area contributed by atoms with Gasteiger partial charge in [-0.05, 0) is 6.07 Å². The fourth-order valence-corrected chi connectivity index (χ4v) is 1.62. The van der Waals surface area contributed by atoms with Crippen molar-refractivity contribution >= 4 is 9.84 Å². The van der Waals surface area contributed by atoms with Crippen LogP contribution >= 0.6 is 0 Å². The summed E-state index contributed by atoms with van der Waals surface area (Å²) in [6.45, 7) is 1.51. The molecule has 0 saturated carbocycles. The summed E-state index contributed by atoms with van der Waals surface area (Å²) < 4.78 is 34.8. The smallest absolute Gasteiger partial charge is 0.214 e. The van der Waals surface area contributed by atoms with Crippen molar-refractivity contribution in [1.29, 1.82) is 0 Å². The molecule has 0 aromatic carbocycles. The summed E-state index contributed by atoms with van der Waals surface area (Å²) in [5, 5.41) is 0. The molecule has 0 radical (unpaired) electrons. The van der Waals surface area contributed by atoms with Gasteiger partial charge in [-0.15, -0.1) is 0 Å². The molecule has 0 spiro atoms. The number of aromatic nitrogens is 1. The zero-order valence-corrected chi connectivity index (χ0v) is 7.31. The average Bonchev–Trinajstić information content (AvgIpc) is 2.05. The van der Waals surface area contributed by atoms with Crippen molar-refractivity contribution < 1.29 is 12.8 Å². The summed E-state index contributed by atoms with van der Waals surface area (Å²) in [5.74, 6) is -0.805. The van der Waals surface area contributed by atoms with E-state index >= 15 is 0 Å². The highest BCUT2D eigenvalue weighted by Crippen LogP contribution is 2.09. The van der Waals surface area contributed by atoms with Crippen LogP contribution in [0.25, 0.3) is 0 Å². The van der Waals surface area contributed by atoms with E-state index in [2.05, 4.69) is 4.98 Å². The van der Waals surface area contributed by atoms with Crippen molar-refractivity contribution in [1.82, 2.24) is 4.98 Å². The quantitative estimate of drug-likeness (QED) is 0.652. The Balaban J connectivity index is 3.21. The Morgan fingerprint density at radius 1 is 1.58 bits per heavy atom. The predicted molar refractivity (Wildman–Crippen MR) is 41.9 cm³/mol. The van der Waals surface area contributed by atoms with E-state index in [1.165, 1.54) is 13.0 Å². The molecule has 0 fully saturated rings. The Bertz CT molecular complexity index is 375. The molecule has 0 aliphatic heterocycles. The molecule has 0 saturated heterocycles. The van der Waals surface area contributed by atoms with Crippen molar-refractivity contribution in [2.75, 3.05) is 5.75 Å². The van der Waals surface area contributed by atoms with Crippen molar-refractivity contribution in [2.45, 2.75) is 11.8 Å². The van der Waals surface area contributed by atoms with E-state index < -0.39 is 15.8 Å². The number of rotatable bonds is 2. The van der Waals surface area contributed by atoms with Gasteiger partial charge in [0.25, 0.3) is 0 Å². The minimum atomic E-state index is -3.30. The molecule has 0 unspecified atom stereocenters. The van der Waals surface area contributed by atoms with Crippen LogP contribution in [-0.2, 0) is 9.84 Å². The maximum atomic E-state index is 12.5. The summed E-state index contributed by atoms with van der Waals surface area (Å²) >= 11 is 0. The first-order valence-electron chi connectivity index (χ1n) is 3.40. The molecule has 0 aliphatic rings. The van der Waals surface area contributed by atoms with E-state index in [9.17, 15) is 12.8 Å².